The molecule has 0 fully saturated rings. The molecule has 1 unspecified atom stereocenters. The lowest BCUT2D eigenvalue weighted by molar-refractivity contribution is -0.871. The minimum atomic E-state index is -0.966. The van der Waals surface area contributed by atoms with Crippen molar-refractivity contribution in [2.75, 3.05) is 34.3 Å². The van der Waals surface area contributed by atoms with E-state index < -0.39 is 17.9 Å². The van der Waals surface area contributed by atoms with Gasteiger partial charge in [-0.25, -0.2) is 0 Å². The summed E-state index contributed by atoms with van der Waals surface area (Å²) < 4.78 is 11.9. The number of nitrogens with zero attached hydrogens (tertiary/aromatic N) is 1. The number of quaternary nitrogens is 1. The van der Waals surface area contributed by atoms with Crippen LogP contribution in [0.2, 0.25) is 0 Å². The summed E-state index contributed by atoms with van der Waals surface area (Å²) in [5.74, 6) is 5.75. The molecule has 7 heteroatoms. The molecular weight excluding hydrogens is 420 g/mol. The third-order valence-corrected chi connectivity index (χ3v) is 4.78. The number of hydrogen-bond acceptors (Lipinski definition) is 4. The van der Waals surface area contributed by atoms with Gasteiger partial charge in [0.15, 0.2) is 11.5 Å². The van der Waals surface area contributed by atoms with Gasteiger partial charge in [0, 0.05) is 5.56 Å². The van der Waals surface area contributed by atoms with Gasteiger partial charge < -0.3 is 24.1 Å². The van der Waals surface area contributed by atoms with Crippen LogP contribution in [-0.2, 0) is 4.79 Å². The van der Waals surface area contributed by atoms with E-state index in [1.165, 1.54) is 12.8 Å². The minimum absolute atomic E-state index is 0.0975. The van der Waals surface area contributed by atoms with E-state index in [1.54, 1.807) is 12.1 Å². The number of benzene rings is 1. The molecule has 2 aromatic rings. The fraction of sp³-hybridized carbons (Fsp3) is 0.462. The molecule has 0 aliphatic carbocycles. The van der Waals surface area contributed by atoms with Crippen molar-refractivity contribution in [3.8, 4) is 17.6 Å². The number of carboxylic acid groups (broad SMARTS) is 1. The Labute approximate surface area is 196 Å². The molecule has 0 saturated carbocycles. The second kappa shape index (κ2) is 12.7. The van der Waals surface area contributed by atoms with Crippen LogP contribution in [0.25, 0.3) is 0 Å². The second-order valence-corrected chi connectivity index (χ2v) is 9.09. The Morgan fingerprint density at radius 3 is 2.61 bits per heavy atom. The molecule has 0 aliphatic heterocycles. The molecule has 178 valence electrons. The molecule has 1 aromatic heterocycles. The number of rotatable bonds is 12. The summed E-state index contributed by atoms with van der Waals surface area (Å²) in [7, 11) is 5.82. The number of carboxylic acids is 1. The highest BCUT2D eigenvalue weighted by atomic mass is 16.5. The van der Waals surface area contributed by atoms with E-state index in [0.717, 1.165) is 24.2 Å². The zero-order valence-corrected chi connectivity index (χ0v) is 20.0. The van der Waals surface area contributed by atoms with Crippen molar-refractivity contribution in [3.05, 3.63) is 53.5 Å². The summed E-state index contributed by atoms with van der Waals surface area (Å²) in [5, 5.41) is 11.9. The third-order valence-electron chi connectivity index (χ3n) is 4.78. The summed E-state index contributed by atoms with van der Waals surface area (Å²) >= 11 is 0. The highest BCUT2D eigenvalue weighted by molar-refractivity contribution is 5.92. The predicted octanol–water partition coefficient (Wildman–Crippen LogP) is 3.92. The van der Waals surface area contributed by atoms with Crippen molar-refractivity contribution in [1.29, 1.82) is 0 Å². The number of nitrogens with one attached hydrogen (secondary N) is 1. The van der Waals surface area contributed by atoms with Crippen LogP contribution in [0, 0.1) is 11.8 Å². The molecule has 33 heavy (non-hydrogen) atoms. The van der Waals surface area contributed by atoms with Crippen molar-refractivity contribution in [2.45, 2.75) is 45.1 Å². The van der Waals surface area contributed by atoms with Crippen LogP contribution in [0.4, 0.5) is 0 Å². The summed E-state index contributed by atoms with van der Waals surface area (Å²) in [4.78, 5) is 23.7. The summed E-state index contributed by atoms with van der Waals surface area (Å²) in [6.07, 6.45) is 4.44. The van der Waals surface area contributed by atoms with Crippen molar-refractivity contribution < 1.29 is 28.3 Å². The smallest absolute Gasteiger partial charge is 0.305 e. The first-order valence-electron chi connectivity index (χ1n) is 11.3. The van der Waals surface area contributed by atoms with Crippen molar-refractivity contribution in [1.82, 2.24) is 5.32 Å². The first-order valence-corrected chi connectivity index (χ1v) is 11.3. The van der Waals surface area contributed by atoms with E-state index in [9.17, 15) is 9.59 Å². The molecule has 2 N–H and O–H groups in total. The van der Waals surface area contributed by atoms with Crippen LogP contribution in [0.1, 0.15) is 60.9 Å². The second-order valence-electron chi connectivity index (χ2n) is 9.09. The van der Waals surface area contributed by atoms with Crippen LogP contribution < -0.4 is 10.1 Å². The first-order chi connectivity index (χ1) is 15.7. The van der Waals surface area contributed by atoms with Gasteiger partial charge in [0.05, 0.1) is 46.8 Å². The third kappa shape index (κ3) is 10.3. The van der Waals surface area contributed by atoms with Crippen LogP contribution in [0.5, 0.6) is 5.75 Å². The van der Waals surface area contributed by atoms with Gasteiger partial charge in [0.25, 0.3) is 5.91 Å². The molecule has 0 radical (unpaired) electrons. The van der Waals surface area contributed by atoms with Gasteiger partial charge in [-0.15, -0.1) is 0 Å². The van der Waals surface area contributed by atoms with Gasteiger partial charge >= 0.3 is 5.97 Å². The fourth-order valence-corrected chi connectivity index (χ4v) is 3.33. The number of amides is 1. The maximum atomic E-state index is 12.6. The molecule has 0 spiro atoms. The Morgan fingerprint density at radius 1 is 1.12 bits per heavy atom. The highest BCUT2D eigenvalue weighted by Crippen LogP contribution is 2.14. The quantitative estimate of drug-likeness (QED) is 0.288. The lowest BCUT2D eigenvalue weighted by Crippen LogP contribution is -2.49. The lowest BCUT2D eigenvalue weighted by atomic mass is 10.2. The summed E-state index contributed by atoms with van der Waals surface area (Å²) in [6, 6.07) is 10.2. The molecule has 1 amide bonds. The SMILES string of the molecule is CCCCCCOc1cccc(C#Cc2ccc(C(=O)NC(CC(=O)O)C[N+](C)(C)C)o2)c1. The average molecular weight is 456 g/mol. The van der Waals surface area contributed by atoms with E-state index in [0.29, 0.717) is 23.4 Å². The number of ether oxygens (including phenoxy) is 1. The number of hydrogen-bond donors (Lipinski definition) is 2. The number of carbonyl (C=O) groups is 2. The van der Waals surface area contributed by atoms with Crippen LogP contribution in [-0.4, -0.2) is 61.8 Å². The van der Waals surface area contributed by atoms with Crippen LogP contribution >= 0.6 is 0 Å². The molecule has 1 heterocycles. The average Bonchev–Trinajstić information content (AvgIpc) is 3.20. The van der Waals surface area contributed by atoms with Crippen molar-refractivity contribution in [2.24, 2.45) is 0 Å². The molecule has 7 nitrogen and oxygen atoms in total. The number of carbonyl (C=O) groups excluding carboxylic acids is 1. The maximum absolute atomic E-state index is 12.6. The predicted molar refractivity (Wildman–Crippen MR) is 127 cm³/mol. The van der Waals surface area contributed by atoms with E-state index in [2.05, 4.69) is 24.1 Å². The molecule has 0 bridgehead atoms. The molecular formula is C26H35N2O5+. The largest absolute Gasteiger partial charge is 0.494 e. The van der Waals surface area contributed by atoms with Crippen LogP contribution in [0.3, 0.4) is 0 Å². The Bertz CT molecular complexity index is 978. The Kier molecular flexibility index (Phi) is 10.0. The molecule has 0 saturated heterocycles. The summed E-state index contributed by atoms with van der Waals surface area (Å²) in [5.41, 5.74) is 0.785. The lowest BCUT2D eigenvalue weighted by Gasteiger charge is -2.28. The normalized spacial score (nSPS) is 11.9. The van der Waals surface area contributed by atoms with E-state index in [4.69, 9.17) is 14.3 Å². The van der Waals surface area contributed by atoms with Crippen LogP contribution in [0.15, 0.2) is 40.8 Å². The van der Waals surface area contributed by atoms with Crippen molar-refractivity contribution >= 4 is 11.9 Å². The molecule has 1 aromatic carbocycles. The zero-order chi connectivity index (χ0) is 24.3. The Morgan fingerprint density at radius 2 is 1.91 bits per heavy atom. The minimum Gasteiger partial charge on any atom is -0.494 e. The Balaban J connectivity index is 1.98. The number of unbranched alkanes of at least 4 members (excludes halogenated alkanes) is 3. The van der Waals surface area contributed by atoms with Gasteiger partial charge in [-0.05, 0) is 42.7 Å². The topological polar surface area (TPSA) is 88.8 Å². The number of furan rings is 1. The monoisotopic (exact) mass is 455 g/mol. The van der Waals surface area contributed by atoms with Gasteiger partial charge in [0.2, 0.25) is 0 Å². The van der Waals surface area contributed by atoms with Gasteiger partial charge in [0.1, 0.15) is 5.75 Å². The first kappa shape index (κ1) is 26.0. The number of likely N-dealkylation sites (N-methyl/N-ethyl adjacent to an activating group) is 1. The van der Waals surface area contributed by atoms with E-state index in [1.807, 2.05) is 45.4 Å². The Hall–Kier alpha value is -3.24. The standard InChI is InChI=1S/C26H34N2O5/c1-5-6-7-8-16-32-23-11-9-10-20(17-23)12-13-22-14-15-24(33-22)26(31)27-21(18-25(29)30)19-28(2,3)4/h9-11,14-15,17,21H,5-8,16,18-19H2,1-4H3,(H-,27,29,30,31)/p+1. The molecule has 1 atom stereocenters. The zero-order valence-electron chi connectivity index (χ0n) is 20.0. The van der Waals surface area contributed by atoms with E-state index >= 15 is 0 Å². The van der Waals surface area contributed by atoms with Gasteiger partial charge in [-0.2, -0.15) is 0 Å². The fourth-order valence-electron chi connectivity index (χ4n) is 3.33. The van der Waals surface area contributed by atoms with Gasteiger partial charge in [-0.3, -0.25) is 9.59 Å². The highest BCUT2D eigenvalue weighted by Gasteiger charge is 2.24. The van der Waals surface area contributed by atoms with Crippen molar-refractivity contribution in [3.63, 3.8) is 0 Å². The summed E-state index contributed by atoms with van der Waals surface area (Å²) in [6.45, 7) is 3.34. The van der Waals surface area contributed by atoms with E-state index in [-0.39, 0.29) is 12.2 Å². The molecule has 2 rings (SSSR count). The molecule has 0 aliphatic rings. The maximum Gasteiger partial charge on any atom is 0.305 e. The van der Waals surface area contributed by atoms with Gasteiger partial charge in [-0.1, -0.05) is 38.2 Å². The number of aliphatic carboxylic acids is 1.